The zero-order chi connectivity index (χ0) is 24.9. The van der Waals surface area contributed by atoms with Gasteiger partial charge in [0, 0.05) is 28.5 Å². The van der Waals surface area contributed by atoms with Gasteiger partial charge >= 0.3 is 0 Å². The standard InChI is InChI=1S/C26H22ClN5O3S/c27-20-13-17(5-7-21(20)35-14-18-3-1-2-8-28-18)32-25-24-19-6-4-16(12-23(34)29-9-10-33)11-22(19)36-26(24)31-15-30-25/h1-8,11,13,15,33H,9-10,12,14H2,(H,29,34)(H,30,31,32). The van der Waals surface area contributed by atoms with Crippen LogP contribution in [0.1, 0.15) is 11.3 Å². The molecule has 0 radical (unpaired) electrons. The summed E-state index contributed by atoms with van der Waals surface area (Å²) in [7, 11) is 0. The molecule has 10 heteroatoms. The van der Waals surface area contributed by atoms with Crippen molar-refractivity contribution < 1.29 is 14.6 Å². The lowest BCUT2D eigenvalue weighted by molar-refractivity contribution is -0.120. The Balaban J connectivity index is 1.36. The van der Waals surface area contributed by atoms with Gasteiger partial charge in [-0.2, -0.15) is 0 Å². The SMILES string of the molecule is O=C(Cc1ccc2c(c1)sc1ncnc(Nc3ccc(OCc4ccccn4)c(Cl)c3)c12)NCCO. The number of nitrogens with zero attached hydrogens (tertiary/aromatic N) is 3. The number of fused-ring (bicyclic) bond motifs is 3. The number of halogens is 1. The number of hydrogen-bond donors (Lipinski definition) is 3. The van der Waals surface area contributed by atoms with Gasteiger partial charge in [0.1, 0.15) is 29.3 Å². The molecule has 5 rings (SSSR count). The van der Waals surface area contributed by atoms with Gasteiger partial charge in [0.2, 0.25) is 5.91 Å². The number of aromatic nitrogens is 3. The van der Waals surface area contributed by atoms with Crippen molar-refractivity contribution in [2.75, 3.05) is 18.5 Å². The first-order valence-electron chi connectivity index (χ1n) is 11.2. The molecule has 0 atom stereocenters. The normalized spacial score (nSPS) is 11.1. The topological polar surface area (TPSA) is 109 Å². The number of aliphatic hydroxyl groups is 1. The smallest absolute Gasteiger partial charge is 0.224 e. The molecule has 2 aromatic carbocycles. The van der Waals surface area contributed by atoms with Crippen LogP contribution in [0.15, 0.2) is 67.1 Å². The van der Waals surface area contributed by atoms with Crippen molar-refractivity contribution in [3.8, 4) is 5.75 Å². The summed E-state index contributed by atoms with van der Waals surface area (Å²) in [6.45, 7) is 0.490. The Hall–Kier alpha value is -3.79. The van der Waals surface area contributed by atoms with Crippen molar-refractivity contribution in [3.05, 3.63) is 83.4 Å². The molecule has 0 spiro atoms. The third-order valence-corrected chi connectivity index (χ3v) is 6.79. The fourth-order valence-electron chi connectivity index (χ4n) is 3.77. The van der Waals surface area contributed by atoms with Crippen molar-refractivity contribution >= 4 is 60.7 Å². The number of amides is 1. The molecule has 182 valence electrons. The van der Waals surface area contributed by atoms with E-state index in [4.69, 9.17) is 21.4 Å². The highest BCUT2D eigenvalue weighted by Gasteiger charge is 2.14. The second-order valence-corrected chi connectivity index (χ2v) is 9.40. The van der Waals surface area contributed by atoms with E-state index >= 15 is 0 Å². The summed E-state index contributed by atoms with van der Waals surface area (Å²) in [6.07, 6.45) is 3.49. The van der Waals surface area contributed by atoms with Gasteiger partial charge < -0.3 is 20.5 Å². The maximum atomic E-state index is 12.0. The van der Waals surface area contributed by atoms with Gasteiger partial charge in [-0.25, -0.2) is 9.97 Å². The minimum Gasteiger partial charge on any atom is -0.486 e. The van der Waals surface area contributed by atoms with E-state index in [-0.39, 0.29) is 25.5 Å². The van der Waals surface area contributed by atoms with E-state index in [0.29, 0.717) is 23.2 Å². The first-order valence-corrected chi connectivity index (χ1v) is 12.4. The van der Waals surface area contributed by atoms with Crippen LogP contribution in [0.5, 0.6) is 5.75 Å². The molecule has 0 bridgehead atoms. The van der Waals surface area contributed by atoms with Gasteiger partial charge in [-0.05, 0) is 42.0 Å². The average molecular weight is 520 g/mol. The van der Waals surface area contributed by atoms with Crippen LogP contribution in [0.4, 0.5) is 11.5 Å². The van der Waals surface area contributed by atoms with Crippen LogP contribution in [0, 0.1) is 0 Å². The molecule has 0 aliphatic heterocycles. The van der Waals surface area contributed by atoms with Gasteiger partial charge in [0.15, 0.2) is 0 Å². The van der Waals surface area contributed by atoms with Crippen molar-refractivity contribution in [3.63, 3.8) is 0 Å². The van der Waals surface area contributed by atoms with Crippen molar-refractivity contribution in [1.82, 2.24) is 20.3 Å². The molecule has 0 saturated heterocycles. The number of benzene rings is 2. The van der Waals surface area contributed by atoms with Gasteiger partial charge in [-0.3, -0.25) is 9.78 Å². The van der Waals surface area contributed by atoms with Crippen molar-refractivity contribution in [1.29, 1.82) is 0 Å². The van der Waals surface area contributed by atoms with Crippen LogP contribution in [0.2, 0.25) is 5.02 Å². The summed E-state index contributed by atoms with van der Waals surface area (Å²) in [5.41, 5.74) is 2.47. The number of anilines is 2. The molecule has 0 aliphatic carbocycles. The fraction of sp³-hybridized carbons (Fsp3) is 0.154. The minimum absolute atomic E-state index is 0.0817. The third-order valence-electron chi connectivity index (χ3n) is 5.43. The summed E-state index contributed by atoms with van der Waals surface area (Å²) in [5, 5.41) is 17.3. The average Bonchev–Trinajstić information content (AvgIpc) is 3.26. The maximum Gasteiger partial charge on any atom is 0.224 e. The molecule has 36 heavy (non-hydrogen) atoms. The maximum absolute atomic E-state index is 12.0. The van der Waals surface area contributed by atoms with Gasteiger partial charge in [-0.1, -0.05) is 29.8 Å². The summed E-state index contributed by atoms with van der Waals surface area (Å²) in [4.78, 5) is 26.0. The number of hydrogen-bond acceptors (Lipinski definition) is 8. The Morgan fingerprint density at radius 2 is 2.00 bits per heavy atom. The predicted octanol–water partition coefficient (Wildman–Crippen LogP) is 4.87. The number of aliphatic hydroxyl groups excluding tert-OH is 1. The zero-order valence-corrected chi connectivity index (χ0v) is 20.6. The van der Waals surface area contributed by atoms with E-state index in [9.17, 15) is 4.79 Å². The van der Waals surface area contributed by atoms with E-state index in [1.165, 1.54) is 6.33 Å². The van der Waals surface area contributed by atoms with Crippen LogP contribution in [0.3, 0.4) is 0 Å². The lowest BCUT2D eigenvalue weighted by Crippen LogP contribution is -2.27. The Morgan fingerprint density at radius 1 is 1.08 bits per heavy atom. The third kappa shape index (κ3) is 5.38. The molecule has 8 nitrogen and oxygen atoms in total. The van der Waals surface area contributed by atoms with Crippen LogP contribution < -0.4 is 15.4 Å². The van der Waals surface area contributed by atoms with Crippen LogP contribution in [-0.2, 0) is 17.8 Å². The molecule has 0 unspecified atom stereocenters. The van der Waals surface area contributed by atoms with E-state index in [1.807, 2.05) is 48.5 Å². The van der Waals surface area contributed by atoms with Crippen LogP contribution in [-0.4, -0.2) is 39.1 Å². The number of thiophene rings is 1. The fourth-order valence-corrected chi connectivity index (χ4v) is 5.11. The molecule has 0 saturated carbocycles. The summed E-state index contributed by atoms with van der Waals surface area (Å²) >= 11 is 8.02. The summed E-state index contributed by atoms with van der Waals surface area (Å²) in [6, 6.07) is 17.0. The lowest BCUT2D eigenvalue weighted by Gasteiger charge is -2.11. The zero-order valence-electron chi connectivity index (χ0n) is 19.1. The van der Waals surface area contributed by atoms with E-state index in [1.54, 1.807) is 23.6 Å². The Kier molecular flexibility index (Phi) is 7.22. The van der Waals surface area contributed by atoms with E-state index in [0.717, 1.165) is 37.2 Å². The van der Waals surface area contributed by atoms with Crippen LogP contribution >= 0.6 is 22.9 Å². The van der Waals surface area contributed by atoms with E-state index in [2.05, 4.69) is 25.6 Å². The molecule has 1 amide bonds. The summed E-state index contributed by atoms with van der Waals surface area (Å²) < 4.78 is 6.83. The number of pyridine rings is 1. The number of ether oxygens (including phenoxy) is 1. The highest BCUT2D eigenvalue weighted by molar-refractivity contribution is 7.25. The molecule has 0 fully saturated rings. The molecule has 3 aromatic heterocycles. The molecular weight excluding hydrogens is 498 g/mol. The molecule has 3 heterocycles. The first kappa shape index (κ1) is 23.9. The van der Waals surface area contributed by atoms with Crippen LogP contribution in [0.25, 0.3) is 20.3 Å². The van der Waals surface area contributed by atoms with Gasteiger partial charge in [-0.15, -0.1) is 11.3 Å². The number of rotatable bonds is 9. The highest BCUT2D eigenvalue weighted by atomic mass is 35.5. The molecule has 0 aliphatic rings. The number of nitrogens with one attached hydrogen (secondary N) is 2. The quantitative estimate of drug-likeness (QED) is 0.255. The van der Waals surface area contributed by atoms with Crippen molar-refractivity contribution in [2.24, 2.45) is 0 Å². The van der Waals surface area contributed by atoms with Crippen molar-refractivity contribution in [2.45, 2.75) is 13.0 Å². The minimum atomic E-state index is -0.129. The Morgan fingerprint density at radius 3 is 2.81 bits per heavy atom. The Labute approximate surface area is 216 Å². The Bertz CT molecular complexity index is 1530. The summed E-state index contributed by atoms with van der Waals surface area (Å²) in [5.74, 6) is 1.10. The second-order valence-electron chi connectivity index (χ2n) is 7.97. The second kappa shape index (κ2) is 10.9. The largest absolute Gasteiger partial charge is 0.486 e. The molecule has 3 N–H and O–H groups in total. The monoisotopic (exact) mass is 519 g/mol. The van der Waals surface area contributed by atoms with E-state index < -0.39 is 0 Å². The van der Waals surface area contributed by atoms with Gasteiger partial charge in [0.25, 0.3) is 0 Å². The highest BCUT2D eigenvalue weighted by Crippen LogP contribution is 2.38. The number of carbonyl (C=O) groups excluding carboxylic acids is 1. The van der Waals surface area contributed by atoms with Gasteiger partial charge in [0.05, 0.1) is 29.1 Å². The molecular formula is C26H22ClN5O3S. The first-order chi connectivity index (χ1) is 17.6. The lowest BCUT2D eigenvalue weighted by atomic mass is 10.1. The predicted molar refractivity (Wildman–Crippen MR) is 142 cm³/mol. The number of carbonyl (C=O) groups is 1. The molecule has 5 aromatic rings.